The predicted molar refractivity (Wildman–Crippen MR) is 250 cm³/mol. The number of benzene rings is 2. The van der Waals surface area contributed by atoms with Crippen LogP contribution in [0, 0.1) is 18.3 Å². The molecule has 68 heavy (non-hydrogen) atoms. The van der Waals surface area contributed by atoms with E-state index in [0.717, 1.165) is 5.56 Å². The average Bonchev–Trinajstić information content (AvgIpc) is 3.67. The van der Waals surface area contributed by atoms with Crippen molar-refractivity contribution in [2.75, 3.05) is 0 Å². The van der Waals surface area contributed by atoms with Crippen LogP contribution in [0.1, 0.15) is 103 Å². The summed E-state index contributed by atoms with van der Waals surface area (Å²) in [5, 5.41) is 35.0. The summed E-state index contributed by atoms with van der Waals surface area (Å²) in [6.45, 7) is 12.3. The molecule has 2 aromatic carbocycles. The molecule has 1 heterocycles. The summed E-state index contributed by atoms with van der Waals surface area (Å²) in [6, 6.07) is 5.79. The summed E-state index contributed by atoms with van der Waals surface area (Å²) in [6.07, 6.45) is 0.685. The van der Waals surface area contributed by atoms with Crippen molar-refractivity contribution >= 4 is 70.0 Å². The number of carbonyl (C=O) groups excluding carboxylic acids is 8. The minimum Gasteiger partial charge on any atom is -0.481 e. The number of unbranched alkanes of at least 4 members (excludes halogenated alkanes) is 1. The van der Waals surface area contributed by atoms with Crippen molar-refractivity contribution in [1.82, 2.24) is 36.9 Å². The van der Waals surface area contributed by atoms with Gasteiger partial charge in [0.05, 0.1) is 18.9 Å². The minimum absolute atomic E-state index is 0.108. The molecule has 11 N–H and O–H groups in total. The van der Waals surface area contributed by atoms with Crippen LogP contribution in [-0.2, 0) is 60.8 Å². The summed E-state index contributed by atoms with van der Waals surface area (Å²) >= 11 is 0. The van der Waals surface area contributed by atoms with Crippen LogP contribution in [-0.4, -0.2) is 111 Å². The Bertz CT molecular complexity index is 2320. The highest BCUT2D eigenvalue weighted by atomic mass is 16.4. The van der Waals surface area contributed by atoms with Crippen LogP contribution in [0.5, 0.6) is 0 Å². The van der Waals surface area contributed by atoms with E-state index in [0.29, 0.717) is 34.9 Å². The van der Waals surface area contributed by atoms with Gasteiger partial charge >= 0.3 is 11.9 Å². The van der Waals surface area contributed by atoms with E-state index in [9.17, 15) is 53.1 Å². The molecule has 3 rings (SSSR count). The zero-order valence-corrected chi connectivity index (χ0v) is 39.7. The number of H-pyrrole nitrogens is 1. The van der Waals surface area contributed by atoms with Gasteiger partial charge < -0.3 is 52.8 Å². The van der Waals surface area contributed by atoms with Gasteiger partial charge in [0.1, 0.15) is 30.2 Å². The third-order valence-corrected chi connectivity index (χ3v) is 11.1. The summed E-state index contributed by atoms with van der Waals surface area (Å²) in [5.41, 5.74) is 6.92. The molecule has 0 saturated carbocycles. The number of carboxylic acid groups (broad SMARTS) is 2. The van der Waals surface area contributed by atoms with E-state index in [-0.39, 0.29) is 31.6 Å². The molecule has 0 spiro atoms. The molecular weight excluding hydrogens is 881 g/mol. The second-order valence-corrected chi connectivity index (χ2v) is 18.4. The Morgan fingerprint density at radius 3 is 1.76 bits per heavy atom. The van der Waals surface area contributed by atoms with E-state index in [2.05, 4.69) is 36.9 Å². The van der Waals surface area contributed by atoms with Gasteiger partial charge in [-0.1, -0.05) is 96.8 Å². The van der Waals surface area contributed by atoms with Crippen LogP contribution in [0.15, 0.2) is 54.7 Å². The van der Waals surface area contributed by atoms with Crippen LogP contribution in [0.3, 0.4) is 0 Å². The maximum atomic E-state index is 14.6. The summed E-state index contributed by atoms with van der Waals surface area (Å²) < 4.78 is 0. The number of hydrogen-bond donors (Lipinski definition) is 10. The number of aromatic amines is 1. The fourth-order valence-electron chi connectivity index (χ4n) is 7.41. The molecule has 20 nitrogen and oxygen atoms in total. The molecule has 0 radical (unpaired) electrons. The largest absolute Gasteiger partial charge is 0.481 e. The minimum atomic E-state index is -1.73. The number of amides is 7. The van der Waals surface area contributed by atoms with E-state index < -0.39 is 120 Å². The number of fused-ring (bicyclic) bond motifs is 1. The predicted octanol–water partition coefficient (Wildman–Crippen LogP) is 1.85. The van der Waals surface area contributed by atoms with E-state index in [1.54, 1.807) is 82.4 Å². The number of hydrogen-bond acceptors (Lipinski definition) is 10. The molecule has 0 fully saturated rings. The summed E-state index contributed by atoms with van der Waals surface area (Å²) in [7, 11) is 0. The van der Waals surface area contributed by atoms with Crippen molar-refractivity contribution in [1.29, 1.82) is 0 Å². The van der Waals surface area contributed by atoms with Gasteiger partial charge in [-0.25, -0.2) is 0 Å². The number of aryl methyl sites for hydroxylation is 1. The smallest absolute Gasteiger partial charge is 0.305 e. The quantitative estimate of drug-likeness (QED) is 0.0490. The molecule has 0 bridgehead atoms. The molecule has 0 aliphatic heterocycles. The number of aliphatic carboxylic acids is 2. The molecule has 3 aromatic rings. The first-order valence-corrected chi connectivity index (χ1v) is 22.6. The Morgan fingerprint density at radius 1 is 0.647 bits per heavy atom. The highest BCUT2D eigenvalue weighted by molar-refractivity contribution is 6.37. The van der Waals surface area contributed by atoms with Gasteiger partial charge in [0.25, 0.3) is 5.91 Å². The van der Waals surface area contributed by atoms with Crippen LogP contribution >= 0.6 is 0 Å². The van der Waals surface area contributed by atoms with Crippen LogP contribution in [0.4, 0.5) is 0 Å². The Kier molecular flexibility index (Phi) is 20.9. The first-order chi connectivity index (χ1) is 31.9. The lowest BCUT2D eigenvalue weighted by Gasteiger charge is -2.34. The molecule has 0 saturated heterocycles. The molecule has 0 unspecified atom stereocenters. The first kappa shape index (κ1) is 55.2. The number of primary amides is 1. The highest BCUT2D eigenvalue weighted by Gasteiger charge is 2.39. The van der Waals surface area contributed by atoms with E-state index in [1.807, 2.05) is 20.8 Å². The number of carboxylic acids is 2. The van der Waals surface area contributed by atoms with Crippen LogP contribution in [0.25, 0.3) is 10.9 Å². The van der Waals surface area contributed by atoms with Gasteiger partial charge in [0.2, 0.25) is 41.2 Å². The topological polar surface area (TPSA) is 325 Å². The fraction of sp³-hybridized carbons (Fsp3) is 0.500. The number of nitrogens with two attached hydrogens (primary N) is 1. The number of aromatic nitrogens is 1. The van der Waals surface area contributed by atoms with Gasteiger partial charge in [-0.05, 0) is 53.9 Å². The van der Waals surface area contributed by atoms with Crippen LogP contribution < -0.4 is 37.6 Å². The van der Waals surface area contributed by atoms with Gasteiger partial charge in [-0.2, -0.15) is 0 Å². The number of para-hydroxylation sites is 1. The third kappa shape index (κ3) is 17.3. The number of carbonyl (C=O) groups is 10. The van der Waals surface area contributed by atoms with E-state index >= 15 is 0 Å². The normalized spacial score (nSPS) is 14.0. The standard InChI is InChI=1S/C48H66N8O12/c1-8-9-17-32(40(62)42(49)63)52-43(64)33(21-26(2)3)55-47(68)41(48(5,6)7)56-46(67)34(22-28-15-11-10-14-27(28)4)53-44(65)35(23-29-25-50-31-18-13-12-16-30(29)31)54-45(66)36(24-39(60)61)51-37(57)19-20-38(58)59/h10-16,18,25-26,32-36,41,50H,8-9,17,19-24H2,1-7H3,(H2,49,63)(H,51,57)(H,52,64)(H,53,65)(H,54,66)(H,55,68)(H,56,67)(H,58,59)(H,60,61)/t32-,33-,34-,35-,36-,41+/m0/s1. The summed E-state index contributed by atoms with van der Waals surface area (Å²) in [5.74, 6) is -10.3. The monoisotopic (exact) mass is 946 g/mol. The SMILES string of the molecule is CCCC[C@H](NC(=O)[C@H](CC(C)C)NC(=O)[C@@H](NC(=O)[C@H](Cc1ccccc1C)NC(=O)[C@H](Cc1c[nH]c2ccccc12)NC(=O)[C@H](CC(=O)O)NC(=O)CCC(=O)O)C(C)(C)C)C(=O)C(N)=O. The van der Waals surface area contributed by atoms with Crippen LogP contribution in [0.2, 0.25) is 0 Å². The Labute approximate surface area is 395 Å². The molecule has 0 aliphatic rings. The van der Waals surface area contributed by atoms with Gasteiger partial charge in [0.15, 0.2) is 0 Å². The Hall–Kier alpha value is -7.12. The molecule has 20 heteroatoms. The lowest BCUT2D eigenvalue weighted by molar-refractivity contribution is -0.142. The van der Waals surface area contributed by atoms with E-state index in [4.69, 9.17) is 10.8 Å². The lowest BCUT2D eigenvalue weighted by atomic mass is 9.85. The molecule has 370 valence electrons. The highest BCUT2D eigenvalue weighted by Crippen LogP contribution is 2.22. The number of rotatable bonds is 27. The first-order valence-electron chi connectivity index (χ1n) is 22.6. The summed E-state index contributed by atoms with van der Waals surface area (Å²) in [4.78, 5) is 134. The zero-order valence-electron chi connectivity index (χ0n) is 39.7. The van der Waals surface area contributed by atoms with Crippen molar-refractivity contribution in [3.8, 4) is 0 Å². The number of nitrogens with one attached hydrogen (secondary N) is 7. The van der Waals surface area contributed by atoms with E-state index in [1.165, 1.54) is 0 Å². The molecule has 0 aliphatic carbocycles. The van der Waals surface area contributed by atoms with Gasteiger partial charge in [-0.15, -0.1) is 0 Å². The van der Waals surface area contributed by atoms with Gasteiger partial charge in [0, 0.05) is 36.4 Å². The fourth-order valence-corrected chi connectivity index (χ4v) is 7.41. The Morgan fingerprint density at radius 2 is 1.19 bits per heavy atom. The lowest BCUT2D eigenvalue weighted by Crippen LogP contribution is -2.62. The second-order valence-electron chi connectivity index (χ2n) is 18.4. The molecule has 7 amide bonds. The van der Waals surface area contributed by atoms with Crippen molar-refractivity contribution in [2.45, 2.75) is 143 Å². The van der Waals surface area contributed by atoms with Crippen molar-refractivity contribution in [3.05, 3.63) is 71.4 Å². The maximum absolute atomic E-state index is 14.6. The Balaban J connectivity index is 2.03. The molecule has 6 atom stereocenters. The van der Waals surface area contributed by atoms with Crippen molar-refractivity contribution in [2.24, 2.45) is 17.1 Å². The second kappa shape index (κ2) is 25.7. The number of ketones is 1. The zero-order chi connectivity index (χ0) is 50.9. The average molecular weight is 947 g/mol. The molecular formula is C48H66N8O12. The molecule has 1 aromatic heterocycles. The maximum Gasteiger partial charge on any atom is 0.305 e. The number of Topliss-reactive ketones (excluding diaryl/α,β-unsaturated/α-hetero) is 1. The van der Waals surface area contributed by atoms with Crippen molar-refractivity contribution in [3.63, 3.8) is 0 Å². The third-order valence-electron chi connectivity index (χ3n) is 11.1. The van der Waals surface area contributed by atoms with Crippen molar-refractivity contribution < 1.29 is 58.2 Å². The van der Waals surface area contributed by atoms with Gasteiger partial charge in [-0.3, -0.25) is 47.9 Å².